The molecule has 0 fully saturated rings. The first-order valence-electron chi connectivity index (χ1n) is 17.1. The van der Waals surface area contributed by atoms with E-state index in [4.69, 9.17) is 24.7 Å². The lowest BCUT2D eigenvalue weighted by Crippen LogP contribution is -1.96. The zero-order chi connectivity index (χ0) is 33.8. The van der Waals surface area contributed by atoms with Crippen LogP contribution in [0.4, 0.5) is 0 Å². The summed E-state index contributed by atoms with van der Waals surface area (Å²) >= 11 is 0. The third-order valence-corrected chi connectivity index (χ3v) is 10.3. The van der Waals surface area contributed by atoms with Gasteiger partial charge in [-0.3, -0.25) is 13.8 Å². The molecule has 0 saturated carbocycles. The number of rotatable bonds is 3. The topological polar surface area (TPSA) is 69.6 Å². The molecule has 0 saturated heterocycles. The second-order valence-electron chi connectivity index (χ2n) is 13.3. The molecule has 11 rings (SSSR count). The Labute approximate surface area is 291 Å². The lowest BCUT2D eigenvalue weighted by atomic mass is 9.94. The summed E-state index contributed by atoms with van der Waals surface area (Å²) in [6.07, 6.45) is 3.47. The Morgan fingerprint density at radius 1 is 0.471 bits per heavy atom. The molecule has 0 spiro atoms. The molecule has 7 heteroatoms. The summed E-state index contributed by atoms with van der Waals surface area (Å²) in [5, 5.41) is 5.24. The molecule has 0 N–H and O–H groups in total. The van der Waals surface area contributed by atoms with Crippen molar-refractivity contribution in [1.29, 1.82) is 0 Å². The Kier molecular flexibility index (Phi) is 5.67. The van der Waals surface area contributed by atoms with E-state index in [1.54, 1.807) is 12.4 Å². The summed E-state index contributed by atoms with van der Waals surface area (Å²) in [6, 6.07) is 42.2. The third kappa shape index (κ3) is 4.00. The van der Waals surface area contributed by atoms with Crippen molar-refractivity contribution in [3.63, 3.8) is 0 Å². The number of hydrogen-bond acceptors (Lipinski definition) is 5. The molecule has 0 unspecified atom stereocenters. The fourth-order valence-corrected chi connectivity index (χ4v) is 8.05. The normalized spacial score (nSPS) is 12.1. The van der Waals surface area contributed by atoms with Crippen molar-refractivity contribution >= 4 is 77.0 Å². The van der Waals surface area contributed by atoms with E-state index in [0.717, 1.165) is 82.7 Å². The lowest BCUT2D eigenvalue weighted by Gasteiger charge is -2.15. The maximum atomic E-state index is 6.66. The minimum absolute atomic E-state index is 0.711. The van der Waals surface area contributed by atoms with Crippen LogP contribution in [0.2, 0.25) is 0 Å². The first-order chi connectivity index (χ1) is 25.1. The van der Waals surface area contributed by atoms with Crippen LogP contribution in [-0.4, -0.2) is 28.7 Å². The molecule has 0 radical (unpaired) electrons. The van der Waals surface area contributed by atoms with Crippen LogP contribution in [0.15, 0.2) is 134 Å². The Morgan fingerprint density at radius 3 is 1.82 bits per heavy atom. The number of aromatic nitrogens is 6. The third-order valence-electron chi connectivity index (χ3n) is 10.3. The van der Waals surface area contributed by atoms with Gasteiger partial charge in [0.25, 0.3) is 0 Å². The molecule has 5 heterocycles. The Hall–Kier alpha value is -6.86. The highest BCUT2D eigenvalue weighted by Gasteiger charge is 2.18. The molecule has 0 aliphatic rings. The molecule has 51 heavy (non-hydrogen) atoms. The first kappa shape index (κ1) is 28.0. The molecule has 0 aliphatic carbocycles. The van der Waals surface area contributed by atoms with Gasteiger partial charge in [0.2, 0.25) is 0 Å². The van der Waals surface area contributed by atoms with Gasteiger partial charge < -0.3 is 4.74 Å². The van der Waals surface area contributed by atoms with E-state index in [0.29, 0.717) is 5.75 Å². The van der Waals surface area contributed by atoms with Gasteiger partial charge >= 0.3 is 0 Å². The Balaban J connectivity index is 1.12. The largest absolute Gasteiger partial charge is 0.457 e. The van der Waals surface area contributed by atoms with E-state index < -0.39 is 0 Å². The lowest BCUT2D eigenvalue weighted by molar-refractivity contribution is 0.484. The Bertz CT molecular complexity index is 3250. The summed E-state index contributed by atoms with van der Waals surface area (Å²) < 4.78 is 11.1. The highest BCUT2D eigenvalue weighted by molar-refractivity contribution is 6.15. The molecule has 11 aromatic rings. The SMILES string of the molecule is Cc1cccc(C)c1-c1ccc2c3ccc(Oc4ccc5c(c4)c4nc6ccccc6n4c4nccnc54)cc3c3nc4ccccc4n3c2c1. The van der Waals surface area contributed by atoms with Crippen molar-refractivity contribution in [2.24, 2.45) is 0 Å². The first-order valence-corrected chi connectivity index (χ1v) is 17.1. The van der Waals surface area contributed by atoms with Crippen molar-refractivity contribution in [3.05, 3.63) is 145 Å². The van der Waals surface area contributed by atoms with E-state index in [9.17, 15) is 0 Å². The van der Waals surface area contributed by atoms with Gasteiger partial charge in [0, 0.05) is 33.9 Å². The van der Waals surface area contributed by atoms with Crippen LogP contribution in [0.3, 0.4) is 0 Å². The number of nitrogens with zero attached hydrogens (tertiary/aromatic N) is 6. The van der Waals surface area contributed by atoms with Crippen LogP contribution in [0.1, 0.15) is 11.1 Å². The zero-order valence-electron chi connectivity index (χ0n) is 27.8. The maximum Gasteiger partial charge on any atom is 0.165 e. The number of imidazole rings is 2. The van der Waals surface area contributed by atoms with Crippen LogP contribution >= 0.6 is 0 Å². The van der Waals surface area contributed by atoms with Crippen molar-refractivity contribution < 1.29 is 4.74 Å². The van der Waals surface area contributed by atoms with Crippen LogP contribution in [-0.2, 0) is 0 Å². The number of hydrogen-bond donors (Lipinski definition) is 0. The monoisotopic (exact) mass is 656 g/mol. The number of fused-ring (bicyclic) bond motifs is 16. The second-order valence-corrected chi connectivity index (χ2v) is 13.3. The van der Waals surface area contributed by atoms with Gasteiger partial charge in [0.05, 0.1) is 27.6 Å². The fraction of sp³-hybridized carbons (Fsp3) is 0.0455. The van der Waals surface area contributed by atoms with E-state index in [-0.39, 0.29) is 0 Å². The van der Waals surface area contributed by atoms with E-state index in [1.165, 1.54) is 22.3 Å². The predicted octanol–water partition coefficient (Wildman–Crippen LogP) is 10.8. The number of para-hydroxylation sites is 4. The summed E-state index contributed by atoms with van der Waals surface area (Å²) in [5.41, 5.74) is 13.4. The van der Waals surface area contributed by atoms with Crippen molar-refractivity contribution in [2.75, 3.05) is 0 Å². The quantitative estimate of drug-likeness (QED) is 0.177. The molecule has 6 aromatic carbocycles. The molecular weight excluding hydrogens is 629 g/mol. The number of pyridine rings is 2. The minimum Gasteiger partial charge on any atom is -0.457 e. The summed E-state index contributed by atoms with van der Waals surface area (Å²) in [5.74, 6) is 1.44. The smallest absolute Gasteiger partial charge is 0.165 e. The van der Waals surface area contributed by atoms with E-state index >= 15 is 0 Å². The van der Waals surface area contributed by atoms with Crippen LogP contribution in [0.25, 0.3) is 88.1 Å². The number of aryl methyl sites for hydroxylation is 2. The fourth-order valence-electron chi connectivity index (χ4n) is 8.05. The predicted molar refractivity (Wildman–Crippen MR) is 206 cm³/mol. The average molecular weight is 657 g/mol. The molecule has 7 nitrogen and oxygen atoms in total. The van der Waals surface area contributed by atoms with Crippen molar-refractivity contribution in [2.45, 2.75) is 13.8 Å². The highest BCUT2D eigenvalue weighted by Crippen LogP contribution is 2.39. The second kappa shape index (κ2) is 10.3. The van der Waals surface area contributed by atoms with Gasteiger partial charge in [-0.1, -0.05) is 54.6 Å². The molecular formula is C44H28N6O. The summed E-state index contributed by atoms with van der Waals surface area (Å²) in [4.78, 5) is 19.7. The average Bonchev–Trinajstić information content (AvgIpc) is 3.75. The van der Waals surface area contributed by atoms with Gasteiger partial charge in [-0.25, -0.2) is 15.0 Å². The van der Waals surface area contributed by atoms with Gasteiger partial charge in [0.1, 0.15) is 28.3 Å². The van der Waals surface area contributed by atoms with Crippen molar-refractivity contribution in [1.82, 2.24) is 28.7 Å². The molecule has 0 atom stereocenters. The molecule has 5 aromatic heterocycles. The Morgan fingerprint density at radius 2 is 1.08 bits per heavy atom. The summed E-state index contributed by atoms with van der Waals surface area (Å²) in [6.45, 7) is 4.37. The molecule has 0 aliphatic heterocycles. The zero-order valence-corrected chi connectivity index (χ0v) is 27.8. The maximum absolute atomic E-state index is 6.66. The van der Waals surface area contributed by atoms with Crippen LogP contribution in [0, 0.1) is 13.8 Å². The van der Waals surface area contributed by atoms with Gasteiger partial charge in [0.15, 0.2) is 5.65 Å². The summed E-state index contributed by atoms with van der Waals surface area (Å²) in [7, 11) is 0. The molecule has 0 amide bonds. The van der Waals surface area contributed by atoms with Gasteiger partial charge in [-0.05, 0) is 108 Å². The molecule has 0 bridgehead atoms. The van der Waals surface area contributed by atoms with Crippen LogP contribution in [0.5, 0.6) is 11.5 Å². The van der Waals surface area contributed by atoms with E-state index in [1.807, 2.05) is 30.3 Å². The number of ether oxygens (including phenoxy) is 1. The van der Waals surface area contributed by atoms with Gasteiger partial charge in [-0.2, -0.15) is 0 Å². The molecule has 240 valence electrons. The van der Waals surface area contributed by atoms with Crippen LogP contribution < -0.4 is 4.74 Å². The number of benzene rings is 6. The minimum atomic E-state index is 0.711. The van der Waals surface area contributed by atoms with Crippen molar-refractivity contribution in [3.8, 4) is 22.6 Å². The highest BCUT2D eigenvalue weighted by atomic mass is 16.5. The van der Waals surface area contributed by atoms with Gasteiger partial charge in [-0.15, -0.1) is 0 Å². The standard InChI is InChI=1S/C44H28N6O/c1-25-8-7-9-26(2)40(25)27-14-17-31-30-18-15-28(23-33(30)42-47-35-10-3-5-12-37(35)49(42)39(31)22-27)51-29-16-19-32-34(24-29)43-48-36-11-4-6-13-38(36)50(43)44-41(32)45-20-21-46-44/h3-24H,1-2H3. The van der Waals surface area contributed by atoms with E-state index in [2.05, 4.69) is 114 Å².